The number of phenolic OH excluding ortho intramolecular Hbond substituents is 1. The Bertz CT molecular complexity index is 493. The van der Waals surface area contributed by atoms with Gasteiger partial charge in [-0.1, -0.05) is 0 Å². The lowest BCUT2D eigenvalue weighted by molar-refractivity contribution is -0.385. The van der Waals surface area contributed by atoms with Crippen molar-refractivity contribution in [2.45, 2.75) is 0 Å². The molecule has 0 aliphatic rings. The zero-order chi connectivity index (χ0) is 10.8. The maximum Gasteiger partial charge on any atom is 0.310 e. The number of hydrogen-bond acceptors (Lipinski definition) is 4. The van der Waals surface area contributed by atoms with Gasteiger partial charge in [-0.25, -0.2) is 0 Å². The highest BCUT2D eigenvalue weighted by Gasteiger charge is 2.13. The molecule has 2 N–H and O–H groups in total. The van der Waals surface area contributed by atoms with Crippen LogP contribution in [0.15, 0.2) is 30.5 Å². The molecular weight excluding hydrogens is 198 g/mol. The fourth-order valence-corrected chi connectivity index (χ4v) is 1.26. The van der Waals surface area contributed by atoms with Crippen LogP contribution in [0, 0.1) is 10.1 Å². The van der Waals surface area contributed by atoms with E-state index in [1.807, 2.05) is 0 Å². The maximum absolute atomic E-state index is 10.4. The van der Waals surface area contributed by atoms with E-state index in [0.29, 0.717) is 11.3 Å². The van der Waals surface area contributed by atoms with Crippen LogP contribution in [0.2, 0.25) is 0 Å². The van der Waals surface area contributed by atoms with E-state index in [-0.39, 0.29) is 11.4 Å². The van der Waals surface area contributed by atoms with E-state index >= 15 is 0 Å². The zero-order valence-electron chi connectivity index (χ0n) is 7.54. The third-order valence-corrected chi connectivity index (χ3v) is 1.98. The average Bonchev–Trinajstić information content (AvgIpc) is 2.69. The Balaban J connectivity index is 2.47. The molecule has 1 aromatic carbocycles. The molecule has 0 fully saturated rings. The van der Waals surface area contributed by atoms with Gasteiger partial charge in [-0.3, -0.25) is 15.2 Å². The lowest BCUT2D eigenvalue weighted by Crippen LogP contribution is -1.88. The molecule has 0 saturated carbocycles. The number of aromatic hydroxyl groups is 1. The minimum absolute atomic E-state index is 0.307. The number of aromatic amines is 1. The van der Waals surface area contributed by atoms with Crippen molar-refractivity contribution in [3.05, 3.63) is 40.6 Å². The van der Waals surface area contributed by atoms with E-state index in [4.69, 9.17) is 0 Å². The van der Waals surface area contributed by atoms with Crippen molar-refractivity contribution in [2.24, 2.45) is 0 Å². The molecule has 1 heterocycles. The number of H-pyrrole nitrogens is 1. The summed E-state index contributed by atoms with van der Waals surface area (Å²) in [6.07, 6.45) is 1.56. The predicted octanol–water partition coefficient (Wildman–Crippen LogP) is 1.69. The van der Waals surface area contributed by atoms with Crippen LogP contribution in [0.25, 0.3) is 11.3 Å². The van der Waals surface area contributed by atoms with E-state index in [9.17, 15) is 15.2 Å². The molecule has 0 aliphatic carbocycles. The van der Waals surface area contributed by atoms with Crippen molar-refractivity contribution in [2.75, 3.05) is 0 Å². The van der Waals surface area contributed by atoms with Gasteiger partial charge < -0.3 is 5.11 Å². The summed E-state index contributed by atoms with van der Waals surface area (Å²) in [5.41, 5.74) is 1.04. The number of rotatable bonds is 2. The molecule has 2 aromatic rings. The molecular formula is C9H7N3O3. The summed E-state index contributed by atoms with van der Waals surface area (Å²) in [7, 11) is 0. The molecule has 0 radical (unpaired) electrons. The second-order valence-corrected chi connectivity index (χ2v) is 2.93. The second-order valence-electron chi connectivity index (χ2n) is 2.93. The second kappa shape index (κ2) is 3.41. The molecule has 76 valence electrons. The molecule has 0 atom stereocenters. The minimum Gasteiger partial charge on any atom is -0.502 e. The van der Waals surface area contributed by atoms with E-state index in [1.54, 1.807) is 18.3 Å². The van der Waals surface area contributed by atoms with E-state index in [1.165, 1.54) is 12.1 Å². The van der Waals surface area contributed by atoms with Crippen LogP contribution in [0.5, 0.6) is 5.75 Å². The molecule has 6 nitrogen and oxygen atoms in total. The van der Waals surface area contributed by atoms with Crippen LogP contribution in [0.3, 0.4) is 0 Å². The summed E-state index contributed by atoms with van der Waals surface area (Å²) < 4.78 is 0. The normalized spacial score (nSPS) is 10.1. The number of aromatic nitrogens is 2. The molecule has 0 bridgehead atoms. The molecule has 2 rings (SSSR count). The van der Waals surface area contributed by atoms with Gasteiger partial charge in [0.1, 0.15) is 0 Å². The van der Waals surface area contributed by atoms with Crippen LogP contribution < -0.4 is 0 Å². The average molecular weight is 205 g/mol. The first-order valence-corrected chi connectivity index (χ1v) is 4.15. The van der Waals surface area contributed by atoms with Crippen molar-refractivity contribution in [1.82, 2.24) is 10.2 Å². The van der Waals surface area contributed by atoms with Gasteiger partial charge in [0.15, 0.2) is 5.75 Å². The Hall–Kier alpha value is -2.37. The van der Waals surface area contributed by atoms with Crippen LogP contribution in [-0.4, -0.2) is 20.2 Å². The Kier molecular flexibility index (Phi) is 2.09. The largest absolute Gasteiger partial charge is 0.502 e. The quantitative estimate of drug-likeness (QED) is 0.576. The molecule has 0 aliphatic heterocycles. The molecule has 1 aromatic heterocycles. The van der Waals surface area contributed by atoms with Gasteiger partial charge in [0.05, 0.1) is 10.6 Å². The molecule has 15 heavy (non-hydrogen) atoms. The number of nitro groups is 1. The van der Waals surface area contributed by atoms with Crippen LogP contribution in [-0.2, 0) is 0 Å². The van der Waals surface area contributed by atoms with E-state index in [2.05, 4.69) is 10.2 Å². The van der Waals surface area contributed by atoms with Gasteiger partial charge in [-0.2, -0.15) is 5.10 Å². The summed E-state index contributed by atoms with van der Waals surface area (Å²) in [5.74, 6) is -0.355. The van der Waals surface area contributed by atoms with Crippen LogP contribution >= 0.6 is 0 Å². The number of hydrogen-bond donors (Lipinski definition) is 2. The Morgan fingerprint density at radius 3 is 2.73 bits per heavy atom. The first-order chi connectivity index (χ1) is 7.18. The first-order valence-electron chi connectivity index (χ1n) is 4.15. The predicted molar refractivity (Wildman–Crippen MR) is 52.3 cm³/mol. The van der Waals surface area contributed by atoms with E-state index in [0.717, 1.165) is 0 Å². The van der Waals surface area contributed by atoms with Gasteiger partial charge in [0.25, 0.3) is 0 Å². The highest BCUT2D eigenvalue weighted by molar-refractivity contribution is 5.64. The third kappa shape index (κ3) is 1.64. The Labute approximate surface area is 84.3 Å². The first kappa shape index (κ1) is 9.20. The maximum atomic E-state index is 10.4. The fourth-order valence-electron chi connectivity index (χ4n) is 1.26. The van der Waals surface area contributed by atoms with E-state index < -0.39 is 4.92 Å². The molecule has 0 spiro atoms. The summed E-state index contributed by atoms with van der Waals surface area (Å²) in [5, 5.41) is 26.3. The highest BCUT2D eigenvalue weighted by atomic mass is 16.6. The lowest BCUT2D eigenvalue weighted by atomic mass is 10.1. The zero-order valence-corrected chi connectivity index (χ0v) is 7.54. The molecule has 0 saturated heterocycles. The minimum atomic E-state index is -0.633. The Morgan fingerprint density at radius 1 is 1.40 bits per heavy atom. The number of nitro benzene ring substituents is 1. The number of nitrogens with one attached hydrogen (secondary N) is 1. The lowest BCUT2D eigenvalue weighted by Gasteiger charge is -1.99. The molecule has 6 heteroatoms. The molecule has 0 unspecified atom stereocenters. The van der Waals surface area contributed by atoms with Crippen LogP contribution in [0.4, 0.5) is 5.69 Å². The van der Waals surface area contributed by atoms with Crippen molar-refractivity contribution in [3.63, 3.8) is 0 Å². The highest BCUT2D eigenvalue weighted by Crippen LogP contribution is 2.30. The van der Waals surface area contributed by atoms with Crippen LogP contribution in [0.1, 0.15) is 0 Å². The summed E-state index contributed by atoms with van der Waals surface area (Å²) >= 11 is 0. The van der Waals surface area contributed by atoms with Crippen molar-refractivity contribution in [3.8, 4) is 17.0 Å². The van der Waals surface area contributed by atoms with Crippen molar-refractivity contribution in [1.29, 1.82) is 0 Å². The topological polar surface area (TPSA) is 92.0 Å². The van der Waals surface area contributed by atoms with Gasteiger partial charge in [0.2, 0.25) is 0 Å². The number of benzene rings is 1. The van der Waals surface area contributed by atoms with Gasteiger partial charge >= 0.3 is 5.69 Å². The summed E-state index contributed by atoms with van der Waals surface area (Å²) in [6.45, 7) is 0. The van der Waals surface area contributed by atoms with Gasteiger partial charge in [-0.05, 0) is 18.2 Å². The fraction of sp³-hybridized carbons (Fsp3) is 0. The monoisotopic (exact) mass is 205 g/mol. The van der Waals surface area contributed by atoms with Gasteiger partial charge in [0, 0.05) is 17.8 Å². The smallest absolute Gasteiger partial charge is 0.310 e. The van der Waals surface area contributed by atoms with Crippen molar-refractivity contribution >= 4 is 5.69 Å². The summed E-state index contributed by atoms with van der Waals surface area (Å²) in [4.78, 5) is 9.81. The SMILES string of the molecule is O=[N+]([O-])c1ccc(-c2ccn[nH]2)cc1O. The summed E-state index contributed by atoms with van der Waals surface area (Å²) in [6, 6.07) is 5.84. The number of nitrogens with zero attached hydrogens (tertiary/aromatic N) is 2. The standard InChI is InChI=1S/C9H7N3O3/c13-9-5-6(7-3-4-10-11-7)1-2-8(9)12(14)15/h1-5,13H,(H,10,11). The van der Waals surface area contributed by atoms with Crippen molar-refractivity contribution < 1.29 is 10.0 Å². The molecule has 0 amide bonds. The van der Waals surface area contributed by atoms with Gasteiger partial charge in [-0.15, -0.1) is 0 Å². The number of phenols is 1. The third-order valence-electron chi connectivity index (χ3n) is 1.98. The Morgan fingerprint density at radius 2 is 2.20 bits per heavy atom.